The smallest absolute Gasteiger partial charge is 0.126 e. The molecule has 0 aromatic heterocycles. The maximum atomic E-state index is 3.02. The summed E-state index contributed by atoms with van der Waals surface area (Å²) in [5.41, 5.74) is 8.04. The first-order chi connectivity index (χ1) is 33.2. The molecule has 3 aliphatic rings. The number of benzene rings is 1. The van der Waals surface area contributed by atoms with Crippen LogP contribution < -0.4 is 0 Å². The highest BCUT2D eigenvalue weighted by Crippen LogP contribution is 2.63. The summed E-state index contributed by atoms with van der Waals surface area (Å²) in [7, 11) is -1.85. The van der Waals surface area contributed by atoms with Crippen molar-refractivity contribution in [3.05, 3.63) is 53.1 Å². The highest BCUT2D eigenvalue weighted by atomic mass is 28.3. The number of nitrogens with zero attached hydrogens (tertiary/aromatic N) is 1. The molecule has 1 fully saturated rings. The Balaban J connectivity index is 1.32. The molecule has 0 saturated heterocycles. The van der Waals surface area contributed by atoms with Crippen LogP contribution in [0.15, 0.2) is 42.0 Å². The van der Waals surface area contributed by atoms with Crippen LogP contribution in [0, 0.1) is 17.8 Å². The van der Waals surface area contributed by atoms with Gasteiger partial charge in [-0.05, 0) is 106 Å². The largest absolute Gasteiger partial charge is 0.314 e. The molecule has 1 nitrogen and oxygen atoms in total. The van der Waals surface area contributed by atoms with Crippen molar-refractivity contribution in [2.75, 3.05) is 0 Å². The van der Waals surface area contributed by atoms with E-state index in [0.717, 1.165) is 11.5 Å². The van der Waals surface area contributed by atoms with Crippen molar-refractivity contribution in [3.63, 3.8) is 0 Å². The molecule has 0 spiro atoms. The van der Waals surface area contributed by atoms with E-state index in [9.17, 15) is 0 Å². The fraction of sp³-hybridized carbons (Fsp3) is 0.851. The first kappa shape index (κ1) is 60.4. The van der Waals surface area contributed by atoms with Crippen LogP contribution in [-0.2, 0) is 5.41 Å². The van der Waals surface area contributed by atoms with Crippen molar-refractivity contribution in [3.8, 4) is 0 Å². The Hall–Kier alpha value is -1.12. The average molecular weight is 969 g/mol. The molecule has 3 aliphatic carbocycles. The van der Waals surface area contributed by atoms with Crippen molar-refractivity contribution in [2.45, 2.75) is 348 Å². The summed E-state index contributed by atoms with van der Waals surface area (Å²) in [5.74, 6) is 2.08. The number of fused-ring (bicyclic) bond motifs is 4. The molecule has 4 rings (SSSR count). The molecule has 4 unspecified atom stereocenters. The number of allylic oxidation sites excluding steroid dienone is 4. The third-order valence-electron chi connectivity index (χ3n) is 18.2. The van der Waals surface area contributed by atoms with E-state index >= 15 is 0 Å². The summed E-state index contributed by atoms with van der Waals surface area (Å²) in [6.45, 7) is 27.7. The van der Waals surface area contributed by atoms with E-state index in [1.165, 1.54) is 250 Å². The molecule has 1 saturated carbocycles. The van der Waals surface area contributed by atoms with E-state index in [2.05, 4.69) is 116 Å². The van der Waals surface area contributed by atoms with Gasteiger partial charge in [0, 0.05) is 16.5 Å². The summed E-state index contributed by atoms with van der Waals surface area (Å²) in [6.07, 6.45) is 62.1. The molecule has 398 valence electrons. The number of hydrogen-bond donors (Lipinski definition) is 0. The Morgan fingerprint density at radius 3 is 1.14 bits per heavy atom. The molecule has 4 atom stereocenters. The van der Waals surface area contributed by atoms with Gasteiger partial charge in [0.15, 0.2) is 0 Å². The Bertz CT molecular complexity index is 1490. The molecule has 0 radical (unpaired) electrons. The normalized spacial score (nSPS) is 20.1. The predicted octanol–water partition coefficient (Wildman–Crippen LogP) is 22.9. The molecule has 69 heavy (non-hydrogen) atoms. The highest BCUT2D eigenvalue weighted by Gasteiger charge is 2.56. The minimum atomic E-state index is -1.85. The van der Waals surface area contributed by atoms with Crippen molar-refractivity contribution in [2.24, 2.45) is 17.8 Å². The van der Waals surface area contributed by atoms with Crippen molar-refractivity contribution >= 4 is 13.8 Å². The fourth-order valence-electron chi connectivity index (χ4n) is 15.3. The average Bonchev–Trinajstić information content (AvgIpc) is 3.77. The van der Waals surface area contributed by atoms with Gasteiger partial charge < -0.3 is 4.57 Å². The first-order valence-electron chi connectivity index (χ1n) is 31.5. The van der Waals surface area contributed by atoms with Crippen molar-refractivity contribution in [1.82, 2.24) is 4.57 Å². The maximum absolute atomic E-state index is 3.02. The zero-order valence-corrected chi connectivity index (χ0v) is 49.8. The third kappa shape index (κ3) is 19.6. The lowest BCUT2D eigenvalue weighted by molar-refractivity contribution is 0.122. The van der Waals surface area contributed by atoms with Gasteiger partial charge in [0.1, 0.15) is 8.24 Å². The van der Waals surface area contributed by atoms with E-state index in [4.69, 9.17) is 0 Å². The lowest BCUT2D eigenvalue weighted by Crippen LogP contribution is -2.67. The maximum Gasteiger partial charge on any atom is 0.126 e. The van der Waals surface area contributed by atoms with Gasteiger partial charge in [-0.2, -0.15) is 0 Å². The van der Waals surface area contributed by atoms with E-state index in [1.54, 1.807) is 22.3 Å². The fourth-order valence-corrected chi connectivity index (χ4v) is 21.3. The summed E-state index contributed by atoms with van der Waals surface area (Å²) in [4.78, 5) is 0. The molecular formula is C67H121NSi. The predicted molar refractivity (Wildman–Crippen MR) is 314 cm³/mol. The van der Waals surface area contributed by atoms with Crippen LogP contribution >= 0.6 is 0 Å². The molecule has 0 amide bonds. The zero-order chi connectivity index (χ0) is 50.0. The topological polar surface area (TPSA) is 3.24 Å². The lowest BCUT2D eigenvalue weighted by atomic mass is 9.67. The minimum Gasteiger partial charge on any atom is -0.314 e. The van der Waals surface area contributed by atoms with Crippen LogP contribution in [0.1, 0.15) is 324 Å². The van der Waals surface area contributed by atoms with Crippen molar-refractivity contribution < 1.29 is 0 Å². The first-order valence-corrected chi connectivity index (χ1v) is 34.6. The van der Waals surface area contributed by atoms with E-state index in [1.807, 2.05) is 0 Å². The second-order valence-corrected chi connectivity index (χ2v) is 31.1. The molecular weight excluding hydrogens is 847 g/mol. The van der Waals surface area contributed by atoms with Crippen LogP contribution in [-0.4, -0.2) is 23.9 Å². The zero-order valence-electron chi connectivity index (χ0n) is 48.8. The number of hydrogen-bond acceptors (Lipinski definition) is 1. The second kappa shape index (κ2) is 32.2. The highest BCUT2D eigenvalue weighted by molar-refractivity contribution is 6.76. The quantitative estimate of drug-likeness (QED) is 0.0468. The SMILES string of the molecule is CCCCCCCCCCCCCCCCCCCCC1(CCCCCCCCCCCCCCCCCCCC)C2=CC3C(C)CC([Si](C)(C)N(C(C)(C)C)C(C)(C)C)C3C=C2c2ccccc21. The monoisotopic (exact) mass is 968 g/mol. The van der Waals surface area contributed by atoms with Gasteiger partial charge in [0.25, 0.3) is 0 Å². The molecule has 0 bridgehead atoms. The van der Waals surface area contributed by atoms with Crippen LogP contribution in [0.5, 0.6) is 0 Å². The van der Waals surface area contributed by atoms with Gasteiger partial charge in [-0.1, -0.05) is 301 Å². The van der Waals surface area contributed by atoms with Crippen LogP contribution in [0.25, 0.3) is 5.57 Å². The van der Waals surface area contributed by atoms with E-state index in [0.29, 0.717) is 11.8 Å². The summed E-state index contributed by atoms with van der Waals surface area (Å²) in [5, 5.41) is 0. The second-order valence-electron chi connectivity index (χ2n) is 26.6. The van der Waals surface area contributed by atoms with E-state index < -0.39 is 8.24 Å². The number of unbranched alkanes of at least 4 members (excludes halogenated alkanes) is 34. The van der Waals surface area contributed by atoms with Gasteiger partial charge in [-0.25, -0.2) is 0 Å². The van der Waals surface area contributed by atoms with Crippen molar-refractivity contribution in [1.29, 1.82) is 0 Å². The summed E-state index contributed by atoms with van der Waals surface area (Å²) in [6, 6.07) is 9.88. The van der Waals surface area contributed by atoms with Gasteiger partial charge in [0.2, 0.25) is 0 Å². The molecule has 1 aromatic carbocycles. The van der Waals surface area contributed by atoms with Crippen LogP contribution in [0.4, 0.5) is 0 Å². The molecule has 0 heterocycles. The van der Waals surface area contributed by atoms with Crippen LogP contribution in [0.3, 0.4) is 0 Å². The Kier molecular flexibility index (Phi) is 28.2. The number of rotatable bonds is 40. The molecule has 2 heteroatoms. The standard InChI is InChI=1S/C67H121NSi/c1-12-14-16-18-20-22-24-26-28-30-32-34-36-38-40-42-44-48-52-67(53-49-45-43-41-39-37-35-33-31-29-27-25-23-21-19-17-15-13-2)62-51-47-46-50-58(62)60-55-61-59(56-63(60)67)57(3)54-64(61)69(10,11)68(65(4,5)6)66(7,8)9/h46-47,50-51,55-57,59,61,64H,12-45,48-49,52-54H2,1-11H3. The molecule has 0 N–H and O–H groups in total. The Morgan fingerprint density at radius 1 is 0.464 bits per heavy atom. The van der Waals surface area contributed by atoms with Gasteiger partial charge >= 0.3 is 0 Å². The Morgan fingerprint density at radius 2 is 0.797 bits per heavy atom. The third-order valence-corrected chi connectivity index (χ3v) is 23.1. The molecule has 1 aromatic rings. The van der Waals surface area contributed by atoms with Crippen LogP contribution in [0.2, 0.25) is 18.6 Å². The van der Waals surface area contributed by atoms with Gasteiger partial charge in [-0.3, -0.25) is 0 Å². The summed E-state index contributed by atoms with van der Waals surface area (Å²) < 4.78 is 3.02. The van der Waals surface area contributed by atoms with E-state index in [-0.39, 0.29) is 16.5 Å². The minimum absolute atomic E-state index is 0.159. The molecule has 0 aliphatic heterocycles. The van der Waals surface area contributed by atoms with Gasteiger partial charge in [-0.15, -0.1) is 0 Å². The summed E-state index contributed by atoms with van der Waals surface area (Å²) >= 11 is 0. The van der Waals surface area contributed by atoms with Gasteiger partial charge in [0.05, 0.1) is 0 Å². The lowest BCUT2D eigenvalue weighted by Gasteiger charge is -2.57. The Labute approximate surface area is 435 Å².